The Kier molecular flexibility index (Phi) is 7.77. The summed E-state index contributed by atoms with van der Waals surface area (Å²) in [7, 11) is 0. The third-order valence-corrected chi connectivity index (χ3v) is 2.69. The largest absolute Gasteiger partial charge is 0.304 e. The summed E-state index contributed by atoms with van der Waals surface area (Å²) >= 11 is 0. The van der Waals surface area contributed by atoms with Crippen molar-refractivity contribution in [1.82, 2.24) is 4.90 Å². The summed E-state index contributed by atoms with van der Waals surface area (Å²) in [4.78, 5) is 13.7. The Bertz CT molecular complexity index is 150. The van der Waals surface area contributed by atoms with Crippen LogP contribution in [-0.2, 0) is 4.79 Å². The van der Waals surface area contributed by atoms with Gasteiger partial charge in [-0.05, 0) is 32.5 Å². The monoisotopic (exact) mass is 199 g/mol. The lowest BCUT2D eigenvalue weighted by atomic mass is 10.0. The number of rotatable bonds is 8. The normalized spacial score (nSPS) is 11.3. The van der Waals surface area contributed by atoms with Gasteiger partial charge in [-0.3, -0.25) is 4.79 Å². The number of ketones is 1. The Hall–Kier alpha value is -0.370. The van der Waals surface area contributed by atoms with Crippen LogP contribution in [0.5, 0.6) is 0 Å². The Labute approximate surface area is 88.7 Å². The number of Topliss-reactive ketones (excluding diaryl/α,β-unsaturated/α-hetero) is 1. The molecule has 0 spiro atoms. The molecule has 0 unspecified atom stereocenters. The Morgan fingerprint density at radius 1 is 1.14 bits per heavy atom. The van der Waals surface area contributed by atoms with E-state index in [0.29, 0.717) is 5.78 Å². The van der Waals surface area contributed by atoms with Crippen LogP contribution in [0.2, 0.25) is 0 Å². The van der Waals surface area contributed by atoms with Crippen LogP contribution in [0.25, 0.3) is 0 Å². The van der Waals surface area contributed by atoms with E-state index < -0.39 is 0 Å². The number of unbranched alkanes of at least 4 members (excludes halogenated alkanes) is 1. The predicted molar refractivity (Wildman–Crippen MR) is 61.5 cm³/mol. The van der Waals surface area contributed by atoms with Crippen LogP contribution in [0.3, 0.4) is 0 Å². The van der Waals surface area contributed by atoms with Crippen molar-refractivity contribution < 1.29 is 4.79 Å². The lowest BCUT2D eigenvalue weighted by molar-refractivity contribution is -0.122. The van der Waals surface area contributed by atoms with Gasteiger partial charge in [-0.25, -0.2) is 0 Å². The molecule has 0 radical (unpaired) electrons. The summed E-state index contributed by atoms with van der Waals surface area (Å²) in [6, 6.07) is 0. The summed E-state index contributed by atoms with van der Waals surface area (Å²) in [6.07, 6.45) is 2.96. The Morgan fingerprint density at radius 2 is 1.71 bits per heavy atom. The molecule has 0 saturated carbocycles. The van der Waals surface area contributed by atoms with Crippen LogP contribution in [0.4, 0.5) is 0 Å². The molecule has 0 aromatic heterocycles. The van der Waals surface area contributed by atoms with Crippen LogP contribution >= 0.6 is 0 Å². The molecule has 0 rings (SSSR count). The van der Waals surface area contributed by atoms with Gasteiger partial charge in [0.15, 0.2) is 0 Å². The molecule has 2 heteroatoms. The Balaban J connectivity index is 3.41. The van der Waals surface area contributed by atoms with Crippen LogP contribution in [0.15, 0.2) is 0 Å². The van der Waals surface area contributed by atoms with Gasteiger partial charge in [-0.15, -0.1) is 0 Å². The molecule has 0 heterocycles. The first-order valence-corrected chi connectivity index (χ1v) is 5.86. The molecule has 0 aliphatic heterocycles. The smallest absolute Gasteiger partial charge is 0.135 e. The van der Waals surface area contributed by atoms with Gasteiger partial charge in [-0.2, -0.15) is 0 Å². The topological polar surface area (TPSA) is 20.3 Å². The standard InChI is InChI=1S/C12H25NO/c1-5-13(6-2)10-8-7-9-12(14)11(3)4/h11H,5-10H2,1-4H3. The SMILES string of the molecule is CCN(CC)CCCCC(=O)C(C)C. The van der Waals surface area contributed by atoms with Gasteiger partial charge in [0.2, 0.25) is 0 Å². The summed E-state index contributed by atoms with van der Waals surface area (Å²) in [6.45, 7) is 11.7. The number of hydrogen-bond donors (Lipinski definition) is 0. The minimum Gasteiger partial charge on any atom is -0.304 e. The predicted octanol–water partition coefficient (Wildman–Crippen LogP) is 2.72. The molecule has 0 aromatic carbocycles. The van der Waals surface area contributed by atoms with Crippen molar-refractivity contribution in [3.63, 3.8) is 0 Å². The molecule has 0 aliphatic carbocycles. The lowest BCUT2D eigenvalue weighted by Crippen LogP contribution is -2.24. The Morgan fingerprint density at radius 3 is 2.14 bits per heavy atom. The van der Waals surface area contributed by atoms with E-state index in [9.17, 15) is 4.79 Å². The molecule has 84 valence electrons. The molecule has 0 saturated heterocycles. The van der Waals surface area contributed by atoms with E-state index in [2.05, 4.69) is 18.7 Å². The average Bonchev–Trinajstić information content (AvgIpc) is 2.17. The minimum atomic E-state index is 0.212. The zero-order valence-electron chi connectivity index (χ0n) is 10.2. The zero-order valence-corrected chi connectivity index (χ0v) is 10.2. The highest BCUT2D eigenvalue weighted by Crippen LogP contribution is 2.05. The number of carbonyl (C=O) groups excluding carboxylic acids is 1. The number of hydrogen-bond acceptors (Lipinski definition) is 2. The van der Waals surface area contributed by atoms with Crippen molar-refractivity contribution in [2.75, 3.05) is 19.6 Å². The summed E-state index contributed by atoms with van der Waals surface area (Å²) in [5, 5.41) is 0. The van der Waals surface area contributed by atoms with Crippen molar-refractivity contribution in [1.29, 1.82) is 0 Å². The van der Waals surface area contributed by atoms with Gasteiger partial charge < -0.3 is 4.90 Å². The molecule has 14 heavy (non-hydrogen) atoms. The second kappa shape index (κ2) is 7.98. The van der Waals surface area contributed by atoms with Gasteiger partial charge in [0.1, 0.15) is 5.78 Å². The number of carbonyl (C=O) groups is 1. The van der Waals surface area contributed by atoms with E-state index in [1.807, 2.05) is 13.8 Å². The first-order chi connectivity index (χ1) is 6.61. The maximum atomic E-state index is 11.3. The quantitative estimate of drug-likeness (QED) is 0.560. The summed E-state index contributed by atoms with van der Waals surface area (Å²) < 4.78 is 0. The second-order valence-corrected chi connectivity index (χ2v) is 4.11. The van der Waals surface area contributed by atoms with Gasteiger partial charge in [-0.1, -0.05) is 27.7 Å². The molecule has 0 N–H and O–H groups in total. The molecule has 0 aromatic rings. The highest BCUT2D eigenvalue weighted by Gasteiger charge is 2.06. The van der Waals surface area contributed by atoms with Crippen molar-refractivity contribution >= 4 is 5.78 Å². The van der Waals surface area contributed by atoms with E-state index in [1.165, 1.54) is 0 Å². The first kappa shape index (κ1) is 13.6. The zero-order chi connectivity index (χ0) is 11.0. The maximum Gasteiger partial charge on any atom is 0.135 e. The van der Waals surface area contributed by atoms with Gasteiger partial charge in [0.05, 0.1) is 0 Å². The van der Waals surface area contributed by atoms with Gasteiger partial charge in [0, 0.05) is 12.3 Å². The van der Waals surface area contributed by atoms with Crippen LogP contribution in [-0.4, -0.2) is 30.3 Å². The molecule has 0 aliphatic rings. The molecule has 0 bridgehead atoms. The van der Waals surface area contributed by atoms with E-state index in [4.69, 9.17) is 0 Å². The lowest BCUT2D eigenvalue weighted by Gasteiger charge is -2.17. The minimum absolute atomic E-state index is 0.212. The highest BCUT2D eigenvalue weighted by atomic mass is 16.1. The highest BCUT2D eigenvalue weighted by molar-refractivity contribution is 5.80. The van der Waals surface area contributed by atoms with Crippen molar-refractivity contribution in [3.05, 3.63) is 0 Å². The van der Waals surface area contributed by atoms with Gasteiger partial charge >= 0.3 is 0 Å². The maximum absolute atomic E-state index is 11.3. The molecule has 0 atom stereocenters. The number of nitrogens with zero attached hydrogens (tertiary/aromatic N) is 1. The summed E-state index contributed by atoms with van der Waals surface area (Å²) in [5.74, 6) is 0.619. The van der Waals surface area contributed by atoms with Crippen molar-refractivity contribution in [3.8, 4) is 0 Å². The average molecular weight is 199 g/mol. The van der Waals surface area contributed by atoms with E-state index >= 15 is 0 Å². The molecule has 2 nitrogen and oxygen atoms in total. The van der Waals surface area contributed by atoms with Gasteiger partial charge in [0.25, 0.3) is 0 Å². The van der Waals surface area contributed by atoms with E-state index in [0.717, 1.165) is 38.9 Å². The van der Waals surface area contributed by atoms with E-state index in [-0.39, 0.29) is 5.92 Å². The molecular formula is C12H25NO. The second-order valence-electron chi connectivity index (χ2n) is 4.11. The fourth-order valence-electron chi connectivity index (χ4n) is 1.46. The van der Waals surface area contributed by atoms with Crippen molar-refractivity contribution in [2.24, 2.45) is 5.92 Å². The van der Waals surface area contributed by atoms with E-state index in [1.54, 1.807) is 0 Å². The molecule has 0 fully saturated rings. The molecule has 0 amide bonds. The van der Waals surface area contributed by atoms with Crippen LogP contribution in [0.1, 0.15) is 47.0 Å². The van der Waals surface area contributed by atoms with Crippen LogP contribution in [0, 0.1) is 5.92 Å². The third-order valence-electron chi connectivity index (χ3n) is 2.69. The fraction of sp³-hybridized carbons (Fsp3) is 0.917. The third kappa shape index (κ3) is 6.14. The summed E-state index contributed by atoms with van der Waals surface area (Å²) in [5.41, 5.74) is 0. The van der Waals surface area contributed by atoms with Crippen LogP contribution < -0.4 is 0 Å². The fourth-order valence-corrected chi connectivity index (χ4v) is 1.46. The first-order valence-electron chi connectivity index (χ1n) is 5.86. The van der Waals surface area contributed by atoms with Crippen molar-refractivity contribution in [2.45, 2.75) is 47.0 Å². The molecular weight excluding hydrogens is 174 g/mol.